The van der Waals surface area contributed by atoms with Crippen molar-refractivity contribution in [3.8, 4) is 0 Å². The van der Waals surface area contributed by atoms with E-state index >= 15 is 0 Å². The number of alkyl halides is 1. The van der Waals surface area contributed by atoms with Gasteiger partial charge in [-0.2, -0.15) is 15.4 Å². The van der Waals surface area contributed by atoms with Gasteiger partial charge in [-0.15, -0.1) is 11.6 Å². The lowest BCUT2D eigenvalue weighted by Crippen LogP contribution is -2.12. The topological polar surface area (TPSA) is 80.0 Å². The van der Waals surface area contributed by atoms with Crippen molar-refractivity contribution in [2.45, 2.75) is 0 Å². The van der Waals surface area contributed by atoms with E-state index in [-0.39, 0.29) is 5.88 Å². The second-order valence-corrected chi connectivity index (χ2v) is 3.00. The van der Waals surface area contributed by atoms with Crippen LogP contribution >= 0.6 is 11.6 Å². The van der Waals surface area contributed by atoms with Crippen LogP contribution < -0.4 is 5.73 Å². The summed E-state index contributed by atoms with van der Waals surface area (Å²) in [5.41, 5.74) is 7.78. The summed E-state index contributed by atoms with van der Waals surface area (Å²) in [5, 5.41) is 10.4. The lowest BCUT2D eigenvalue weighted by molar-refractivity contribution is 0.959. The van der Waals surface area contributed by atoms with Crippen LogP contribution in [0.4, 0.5) is 5.69 Å². The third-order valence-electron chi connectivity index (χ3n) is 1.71. The van der Waals surface area contributed by atoms with Crippen LogP contribution in [0.15, 0.2) is 23.2 Å². The van der Waals surface area contributed by atoms with Gasteiger partial charge in [0, 0.05) is 0 Å². The van der Waals surface area contributed by atoms with Crippen molar-refractivity contribution >= 4 is 34.2 Å². The highest BCUT2D eigenvalue weighted by molar-refractivity contribution is 6.28. The van der Waals surface area contributed by atoms with Gasteiger partial charge in [0.05, 0.1) is 11.6 Å². The minimum atomic E-state index is 0.219. The molecule has 72 valence electrons. The van der Waals surface area contributed by atoms with Crippen molar-refractivity contribution in [1.29, 1.82) is 0 Å². The number of hydrogen-bond acceptors (Lipinski definition) is 3. The van der Waals surface area contributed by atoms with Gasteiger partial charge < -0.3 is 5.73 Å². The molecule has 0 aliphatic heterocycles. The van der Waals surface area contributed by atoms with Gasteiger partial charge in [-0.3, -0.25) is 0 Å². The fourth-order valence-corrected chi connectivity index (χ4v) is 1.15. The lowest BCUT2D eigenvalue weighted by Gasteiger charge is -1.95. The van der Waals surface area contributed by atoms with Crippen molar-refractivity contribution in [3.63, 3.8) is 0 Å². The summed E-state index contributed by atoms with van der Waals surface area (Å²) in [6, 6.07) is 5.42. The van der Waals surface area contributed by atoms with Gasteiger partial charge >= 0.3 is 0 Å². The van der Waals surface area contributed by atoms with Crippen molar-refractivity contribution in [2.75, 3.05) is 5.88 Å². The molecule has 1 aromatic carbocycles. The summed E-state index contributed by atoms with van der Waals surface area (Å²) in [6.07, 6.45) is 0. The molecule has 1 heterocycles. The molecule has 0 amide bonds. The molecule has 14 heavy (non-hydrogen) atoms. The van der Waals surface area contributed by atoms with Crippen LogP contribution in [0, 0.1) is 0 Å². The third-order valence-corrected chi connectivity index (χ3v) is 1.98. The fraction of sp³-hybridized carbons (Fsp3) is 0.125. The van der Waals surface area contributed by atoms with Crippen molar-refractivity contribution in [3.05, 3.63) is 18.2 Å². The molecule has 3 N–H and O–H groups in total. The maximum atomic E-state index is 5.51. The molecule has 2 aromatic rings. The van der Waals surface area contributed by atoms with E-state index in [4.69, 9.17) is 17.3 Å². The number of rotatable bonds is 2. The van der Waals surface area contributed by atoms with Gasteiger partial charge in [0.1, 0.15) is 16.9 Å². The van der Waals surface area contributed by atoms with Gasteiger partial charge in [-0.25, -0.2) is 4.99 Å². The summed E-state index contributed by atoms with van der Waals surface area (Å²) >= 11 is 5.51. The zero-order valence-corrected chi connectivity index (χ0v) is 7.99. The van der Waals surface area contributed by atoms with Gasteiger partial charge in [0.2, 0.25) is 0 Å². The summed E-state index contributed by atoms with van der Waals surface area (Å²) in [4.78, 5) is 4.09. The Balaban J connectivity index is 2.44. The average Bonchev–Trinajstić information content (AvgIpc) is 2.64. The first-order valence-corrected chi connectivity index (χ1v) is 4.52. The van der Waals surface area contributed by atoms with Crippen LogP contribution in [0.5, 0.6) is 0 Å². The normalized spacial score (nSPS) is 12.2. The van der Waals surface area contributed by atoms with E-state index in [1.807, 2.05) is 12.1 Å². The van der Waals surface area contributed by atoms with E-state index < -0.39 is 0 Å². The molecular weight excluding hydrogens is 202 g/mol. The van der Waals surface area contributed by atoms with Gasteiger partial charge in [0.25, 0.3) is 0 Å². The first kappa shape index (κ1) is 8.96. The Morgan fingerprint density at radius 1 is 1.43 bits per heavy atom. The second kappa shape index (κ2) is 3.63. The molecule has 6 heteroatoms. The van der Waals surface area contributed by atoms with E-state index in [1.165, 1.54) is 0 Å². The number of hydrogen-bond donors (Lipinski definition) is 2. The summed E-state index contributed by atoms with van der Waals surface area (Å²) in [5.74, 6) is 0.603. The summed E-state index contributed by atoms with van der Waals surface area (Å²) in [7, 11) is 0. The number of benzene rings is 1. The molecule has 0 unspecified atom stereocenters. The Morgan fingerprint density at radius 2 is 2.21 bits per heavy atom. The molecule has 0 atom stereocenters. The third kappa shape index (κ3) is 1.67. The molecule has 5 nitrogen and oxygen atoms in total. The number of amidine groups is 1. The van der Waals surface area contributed by atoms with Gasteiger partial charge in [-0.1, -0.05) is 0 Å². The van der Waals surface area contributed by atoms with Crippen LogP contribution in [-0.4, -0.2) is 27.1 Å². The highest BCUT2D eigenvalue weighted by Gasteiger charge is 1.98. The molecule has 0 fully saturated rings. The number of aromatic amines is 1. The van der Waals surface area contributed by atoms with Crippen LogP contribution in [0.2, 0.25) is 0 Å². The number of nitrogens with one attached hydrogen (secondary N) is 1. The Labute approximate surface area is 85.0 Å². The molecule has 0 spiro atoms. The van der Waals surface area contributed by atoms with Crippen LogP contribution in [-0.2, 0) is 0 Å². The van der Waals surface area contributed by atoms with E-state index in [0.717, 1.165) is 16.7 Å². The molecule has 0 radical (unpaired) electrons. The number of nitrogens with two attached hydrogens (primary N) is 1. The number of halogens is 1. The largest absolute Gasteiger partial charge is 0.386 e. The fourth-order valence-electron chi connectivity index (χ4n) is 1.09. The Kier molecular flexibility index (Phi) is 2.32. The maximum absolute atomic E-state index is 5.51. The predicted octanol–water partition coefficient (Wildman–Crippen LogP) is 1.19. The lowest BCUT2D eigenvalue weighted by atomic mass is 10.3. The monoisotopic (exact) mass is 209 g/mol. The van der Waals surface area contributed by atoms with E-state index in [9.17, 15) is 0 Å². The molecule has 0 aliphatic carbocycles. The average molecular weight is 210 g/mol. The van der Waals surface area contributed by atoms with E-state index in [0.29, 0.717) is 5.84 Å². The van der Waals surface area contributed by atoms with Crippen molar-refractivity contribution < 1.29 is 0 Å². The zero-order valence-electron chi connectivity index (χ0n) is 7.24. The first-order chi connectivity index (χ1) is 6.79. The van der Waals surface area contributed by atoms with Gasteiger partial charge in [-0.05, 0) is 18.2 Å². The van der Waals surface area contributed by atoms with Gasteiger partial charge in [0.15, 0.2) is 0 Å². The Bertz CT molecular complexity index is 475. The van der Waals surface area contributed by atoms with Crippen LogP contribution in [0.25, 0.3) is 11.0 Å². The minimum absolute atomic E-state index is 0.219. The number of aliphatic imine (C=N–C) groups is 1. The quantitative estimate of drug-likeness (QED) is 0.443. The molecule has 0 bridgehead atoms. The minimum Gasteiger partial charge on any atom is -0.386 e. The van der Waals surface area contributed by atoms with Crippen LogP contribution in [0.3, 0.4) is 0 Å². The Hall–Kier alpha value is -1.62. The zero-order chi connectivity index (χ0) is 9.97. The molecule has 0 aliphatic rings. The van der Waals surface area contributed by atoms with E-state index in [1.54, 1.807) is 6.07 Å². The summed E-state index contributed by atoms with van der Waals surface area (Å²) < 4.78 is 0. The molecule has 1 aromatic heterocycles. The number of fused-ring (bicyclic) bond motifs is 1. The molecule has 0 saturated heterocycles. The predicted molar refractivity (Wildman–Crippen MR) is 55.9 cm³/mol. The summed E-state index contributed by atoms with van der Waals surface area (Å²) in [6.45, 7) is 0. The molecular formula is C8H8ClN5. The molecule has 0 saturated carbocycles. The standard InChI is InChI=1S/C8H8ClN5/c9-4-8(10)11-5-1-2-6-7(3-5)13-14-12-6/h1-3H,4H2,(H2,10,11)(H,12,13,14). The van der Waals surface area contributed by atoms with Crippen molar-refractivity contribution in [2.24, 2.45) is 10.7 Å². The van der Waals surface area contributed by atoms with Crippen LogP contribution in [0.1, 0.15) is 0 Å². The maximum Gasteiger partial charge on any atom is 0.115 e. The van der Waals surface area contributed by atoms with E-state index in [2.05, 4.69) is 20.4 Å². The molecule has 2 rings (SSSR count). The van der Waals surface area contributed by atoms with Crippen molar-refractivity contribution in [1.82, 2.24) is 15.4 Å². The second-order valence-electron chi connectivity index (χ2n) is 2.73. The first-order valence-electron chi connectivity index (χ1n) is 3.99. The SMILES string of the molecule is NC(CCl)=Nc1ccc2n[nH]nc2c1. The number of nitrogens with zero attached hydrogens (tertiary/aromatic N) is 3. The highest BCUT2D eigenvalue weighted by Crippen LogP contribution is 2.17. The number of H-pyrrole nitrogens is 1. The smallest absolute Gasteiger partial charge is 0.115 e. The Morgan fingerprint density at radius 3 is 3.00 bits per heavy atom. The highest BCUT2D eigenvalue weighted by atomic mass is 35.5. The number of aromatic nitrogens is 3.